The number of rotatable bonds is 10. The maximum atomic E-state index is 14.7. The van der Waals surface area contributed by atoms with Crippen molar-refractivity contribution in [2.45, 2.75) is 25.8 Å². The lowest BCUT2D eigenvalue weighted by atomic mass is 9.98. The van der Waals surface area contributed by atoms with E-state index in [4.69, 9.17) is 21.1 Å². The number of nitrogens with one attached hydrogen (secondary N) is 1. The minimum atomic E-state index is -2.91. The second-order valence-electron chi connectivity index (χ2n) is 6.46. The molecule has 1 atom stereocenters. The van der Waals surface area contributed by atoms with Crippen LogP contribution >= 0.6 is 11.6 Å². The Morgan fingerprint density at radius 2 is 2.00 bits per heavy atom. The Labute approximate surface area is 189 Å². The van der Waals surface area contributed by atoms with Crippen LogP contribution in [0.5, 0.6) is 5.75 Å². The summed E-state index contributed by atoms with van der Waals surface area (Å²) in [5, 5.41) is 2.96. The number of pyridine rings is 1. The maximum absolute atomic E-state index is 14.7. The van der Waals surface area contributed by atoms with Gasteiger partial charge in [-0.25, -0.2) is 13.2 Å². The number of ether oxygens (including phenoxy) is 2. The number of hydrogen-bond acceptors (Lipinski definition) is 6. The third-order valence-electron chi connectivity index (χ3n) is 4.38. The van der Waals surface area contributed by atoms with Gasteiger partial charge < -0.3 is 14.8 Å². The first-order valence-corrected chi connectivity index (χ1v) is 9.99. The number of methoxy groups -OCH3 is 1. The molecule has 1 aromatic carbocycles. The van der Waals surface area contributed by atoms with Gasteiger partial charge >= 0.3 is 5.97 Å². The van der Waals surface area contributed by atoms with Gasteiger partial charge in [-0.15, -0.1) is 0 Å². The summed E-state index contributed by atoms with van der Waals surface area (Å²) in [6, 6.07) is 7.94. The summed E-state index contributed by atoms with van der Waals surface area (Å²) >= 11 is 5.78. The van der Waals surface area contributed by atoms with E-state index in [1.165, 1.54) is 14.2 Å². The Morgan fingerprint density at radius 1 is 1.31 bits per heavy atom. The number of esters is 1. The van der Waals surface area contributed by atoms with E-state index in [1.807, 2.05) is 0 Å². The molecule has 0 amide bonds. The zero-order valence-corrected chi connectivity index (χ0v) is 18.5. The summed E-state index contributed by atoms with van der Waals surface area (Å²) in [4.78, 5) is 20.3. The number of alkyl halides is 2. The van der Waals surface area contributed by atoms with Crippen LogP contribution in [-0.4, -0.2) is 43.9 Å². The molecule has 32 heavy (non-hydrogen) atoms. The first-order chi connectivity index (χ1) is 15.3. The van der Waals surface area contributed by atoms with Gasteiger partial charge in [0.05, 0.1) is 24.4 Å². The van der Waals surface area contributed by atoms with Gasteiger partial charge in [0.2, 0.25) is 0 Å². The van der Waals surface area contributed by atoms with Crippen LogP contribution < -0.4 is 10.1 Å². The number of carbonyl (C=O) groups excluding carboxylic acids is 1. The quantitative estimate of drug-likeness (QED) is 0.408. The Bertz CT molecular complexity index is 982. The molecule has 0 aliphatic carbocycles. The van der Waals surface area contributed by atoms with Crippen LogP contribution in [0.2, 0.25) is 5.02 Å². The Morgan fingerprint density at radius 3 is 2.53 bits per heavy atom. The second kappa shape index (κ2) is 12.1. The fourth-order valence-corrected chi connectivity index (χ4v) is 2.96. The summed E-state index contributed by atoms with van der Waals surface area (Å²) in [5.74, 6) is -2.54. The van der Waals surface area contributed by atoms with Crippen LogP contribution in [0.15, 0.2) is 53.3 Å². The van der Waals surface area contributed by atoms with Crippen LogP contribution in [-0.2, 0) is 16.1 Å². The smallest absolute Gasteiger partial charge is 0.321 e. The highest BCUT2D eigenvalue weighted by Crippen LogP contribution is 2.28. The van der Waals surface area contributed by atoms with E-state index in [-0.39, 0.29) is 29.6 Å². The molecule has 1 N–H and O–H groups in total. The molecule has 1 heterocycles. The summed E-state index contributed by atoms with van der Waals surface area (Å²) in [5.41, 5.74) is -0.193. The van der Waals surface area contributed by atoms with Crippen LogP contribution in [0, 0.1) is 5.82 Å². The average Bonchev–Trinajstić information content (AvgIpc) is 2.77. The summed E-state index contributed by atoms with van der Waals surface area (Å²) in [6.07, 6.45) is -0.746. The Hall–Kier alpha value is -3.07. The van der Waals surface area contributed by atoms with Crippen LogP contribution in [0.3, 0.4) is 0 Å². The first kappa shape index (κ1) is 25.2. The van der Waals surface area contributed by atoms with Gasteiger partial charge in [0.25, 0.3) is 6.43 Å². The molecule has 10 heteroatoms. The molecule has 172 valence electrons. The SMILES string of the molecule is CCOC(=O)C(/C(=C/C(=N\C)C(F)F)NCc1ccc(OC)cc1)c1ncc(Cl)cc1F. The fraction of sp³-hybridized carbons (Fsp3) is 0.318. The molecule has 0 fully saturated rings. The summed E-state index contributed by atoms with van der Waals surface area (Å²) < 4.78 is 51.7. The summed E-state index contributed by atoms with van der Waals surface area (Å²) in [7, 11) is 2.72. The molecule has 0 radical (unpaired) electrons. The van der Waals surface area contributed by atoms with E-state index in [2.05, 4.69) is 15.3 Å². The largest absolute Gasteiger partial charge is 0.497 e. The first-order valence-electron chi connectivity index (χ1n) is 9.61. The fourth-order valence-electron chi connectivity index (χ4n) is 2.82. The molecule has 2 rings (SSSR count). The Balaban J connectivity index is 2.52. The molecular formula is C22H23ClF3N3O3. The third kappa shape index (κ3) is 6.71. The zero-order valence-electron chi connectivity index (χ0n) is 17.7. The van der Waals surface area contributed by atoms with E-state index in [1.54, 1.807) is 31.2 Å². The van der Waals surface area contributed by atoms with Crippen molar-refractivity contribution in [2.75, 3.05) is 20.8 Å². The molecule has 0 bridgehead atoms. The van der Waals surface area contributed by atoms with Crippen molar-refractivity contribution in [1.29, 1.82) is 0 Å². The van der Waals surface area contributed by atoms with Crippen molar-refractivity contribution in [3.63, 3.8) is 0 Å². The van der Waals surface area contributed by atoms with Crippen molar-refractivity contribution >= 4 is 23.3 Å². The lowest BCUT2D eigenvalue weighted by Gasteiger charge is -2.21. The standard InChI is InChI=1S/C22H23ClF3N3O3/c1-4-32-22(30)19(20-16(24)9-14(23)12-29-20)17(10-18(27-2)21(25)26)28-11-13-5-7-15(31-3)8-6-13/h5-10,12,19,21,28H,4,11H2,1-3H3/b17-10-,27-18+. The summed E-state index contributed by atoms with van der Waals surface area (Å²) in [6.45, 7) is 1.72. The molecular weight excluding hydrogens is 447 g/mol. The van der Waals surface area contributed by atoms with E-state index in [9.17, 15) is 18.0 Å². The minimum absolute atomic E-state index is 0.000126. The maximum Gasteiger partial charge on any atom is 0.321 e. The van der Waals surface area contributed by atoms with Crippen molar-refractivity contribution in [3.05, 3.63) is 70.4 Å². The lowest BCUT2D eigenvalue weighted by molar-refractivity contribution is -0.144. The number of aliphatic imine (C=N–C) groups is 1. The number of aromatic nitrogens is 1. The molecule has 2 aromatic rings. The molecule has 0 saturated heterocycles. The van der Waals surface area contributed by atoms with Gasteiger partial charge in [-0.05, 0) is 36.8 Å². The van der Waals surface area contributed by atoms with E-state index in [0.29, 0.717) is 5.75 Å². The van der Waals surface area contributed by atoms with Crippen molar-refractivity contribution < 1.29 is 27.4 Å². The van der Waals surface area contributed by atoms with Gasteiger partial charge in [0.1, 0.15) is 23.2 Å². The van der Waals surface area contributed by atoms with Crippen molar-refractivity contribution in [1.82, 2.24) is 10.3 Å². The zero-order chi connectivity index (χ0) is 23.7. The highest BCUT2D eigenvalue weighted by Gasteiger charge is 2.32. The molecule has 1 aromatic heterocycles. The molecule has 6 nitrogen and oxygen atoms in total. The van der Waals surface area contributed by atoms with Crippen LogP contribution in [0.1, 0.15) is 24.1 Å². The van der Waals surface area contributed by atoms with Gasteiger partial charge in [0.15, 0.2) is 0 Å². The van der Waals surface area contributed by atoms with Crippen molar-refractivity contribution in [3.8, 4) is 5.75 Å². The predicted octanol–water partition coefficient (Wildman–Crippen LogP) is 4.54. The van der Waals surface area contributed by atoms with Gasteiger partial charge in [-0.1, -0.05) is 23.7 Å². The third-order valence-corrected chi connectivity index (χ3v) is 4.59. The topological polar surface area (TPSA) is 72.8 Å². The number of carbonyl (C=O) groups is 1. The van der Waals surface area contributed by atoms with Crippen LogP contribution in [0.25, 0.3) is 0 Å². The highest BCUT2D eigenvalue weighted by atomic mass is 35.5. The van der Waals surface area contributed by atoms with Gasteiger partial charge in [-0.3, -0.25) is 14.8 Å². The number of benzene rings is 1. The normalized spacial score (nSPS) is 13.1. The molecule has 0 aliphatic rings. The number of nitrogens with zero attached hydrogens (tertiary/aromatic N) is 2. The monoisotopic (exact) mass is 469 g/mol. The minimum Gasteiger partial charge on any atom is -0.497 e. The predicted molar refractivity (Wildman–Crippen MR) is 116 cm³/mol. The molecule has 0 aliphatic heterocycles. The Kier molecular flexibility index (Phi) is 9.52. The number of hydrogen-bond donors (Lipinski definition) is 1. The lowest BCUT2D eigenvalue weighted by Crippen LogP contribution is -2.29. The van der Waals surface area contributed by atoms with Gasteiger partial charge in [0, 0.05) is 25.5 Å². The highest BCUT2D eigenvalue weighted by molar-refractivity contribution is 6.30. The van der Waals surface area contributed by atoms with Gasteiger partial charge in [-0.2, -0.15) is 0 Å². The molecule has 0 spiro atoms. The molecule has 0 saturated carbocycles. The number of halogens is 4. The van der Waals surface area contributed by atoms with Crippen LogP contribution in [0.4, 0.5) is 13.2 Å². The van der Waals surface area contributed by atoms with Crippen molar-refractivity contribution in [2.24, 2.45) is 4.99 Å². The second-order valence-corrected chi connectivity index (χ2v) is 6.89. The van der Waals surface area contributed by atoms with E-state index in [0.717, 1.165) is 23.9 Å². The van der Waals surface area contributed by atoms with E-state index < -0.39 is 29.8 Å². The molecule has 1 unspecified atom stereocenters. The number of allylic oxidation sites excluding steroid dienone is 1. The van der Waals surface area contributed by atoms with E-state index >= 15 is 0 Å². The average molecular weight is 470 g/mol.